The summed E-state index contributed by atoms with van der Waals surface area (Å²) in [6.07, 6.45) is -0.132. The molecule has 0 fully saturated rings. The highest BCUT2D eigenvalue weighted by Crippen LogP contribution is 1.90. The molecule has 0 bridgehead atoms. The topological polar surface area (TPSA) is 110 Å². The van der Waals surface area contributed by atoms with Gasteiger partial charge in [-0.05, 0) is 13.8 Å². The maximum Gasteiger partial charge on any atom is 0.302 e. The van der Waals surface area contributed by atoms with Crippen LogP contribution in [-0.2, 0) is 38.0 Å². The largest absolute Gasteiger partial charge is 0.463 e. The van der Waals surface area contributed by atoms with Crippen LogP contribution in [-0.4, -0.2) is 90.2 Å². The summed E-state index contributed by atoms with van der Waals surface area (Å²) < 4.78 is 28.5. The van der Waals surface area contributed by atoms with E-state index in [4.69, 9.17) is 24.1 Å². The van der Waals surface area contributed by atoms with Gasteiger partial charge in [-0.1, -0.05) is 0 Å². The number of hydrogen-bond acceptors (Lipinski definition) is 9. The standard InChI is InChI=1S/C6H12O3.C6H14O3.C5H10O3/c1-5(4-8-3)9-6(2)7;1-2-8-5-6-9-4-3-7;1-5(6)8-4-3-7-2/h5H,4H2,1-3H3;7H,2-6H2,1H3;3-4H2,1-2H3. The number of esters is 2. The Hall–Kier alpha value is -1.26. The third kappa shape index (κ3) is 38.4. The number of aliphatic hydroxyl groups is 1. The lowest BCUT2D eigenvalue weighted by Crippen LogP contribution is -2.17. The number of methoxy groups -OCH3 is 2. The van der Waals surface area contributed by atoms with Gasteiger partial charge in [-0.15, -0.1) is 0 Å². The van der Waals surface area contributed by atoms with Crippen LogP contribution in [0.15, 0.2) is 0 Å². The number of carbonyl (C=O) groups excluding carboxylic acids is 2. The van der Waals surface area contributed by atoms with Gasteiger partial charge in [-0.25, -0.2) is 0 Å². The molecule has 0 saturated carbocycles. The summed E-state index contributed by atoms with van der Waals surface area (Å²) in [6, 6.07) is 0. The van der Waals surface area contributed by atoms with Crippen molar-refractivity contribution in [2.24, 2.45) is 0 Å². The minimum Gasteiger partial charge on any atom is -0.463 e. The molecule has 0 aromatic heterocycles. The van der Waals surface area contributed by atoms with Crippen LogP contribution in [0, 0.1) is 0 Å². The monoisotopic (exact) mass is 384 g/mol. The summed E-state index contributed by atoms with van der Waals surface area (Å²) in [6.45, 7) is 10.2. The maximum absolute atomic E-state index is 10.3. The van der Waals surface area contributed by atoms with Crippen LogP contribution in [0.25, 0.3) is 0 Å². The van der Waals surface area contributed by atoms with Crippen LogP contribution < -0.4 is 0 Å². The predicted octanol–water partition coefficient (Wildman–Crippen LogP) is 0.812. The van der Waals surface area contributed by atoms with Crippen molar-refractivity contribution < 1.29 is 43.1 Å². The first kappa shape index (κ1) is 29.5. The lowest BCUT2D eigenvalue weighted by Gasteiger charge is -2.08. The molecule has 0 rings (SSSR count). The molecule has 1 N–H and O–H groups in total. The van der Waals surface area contributed by atoms with Gasteiger partial charge in [0.25, 0.3) is 0 Å². The highest BCUT2D eigenvalue weighted by molar-refractivity contribution is 5.66. The fourth-order valence-electron chi connectivity index (χ4n) is 1.25. The van der Waals surface area contributed by atoms with Crippen molar-refractivity contribution in [1.82, 2.24) is 0 Å². The number of hydrogen-bond donors (Lipinski definition) is 1. The molecule has 0 spiro atoms. The molecule has 0 aliphatic rings. The van der Waals surface area contributed by atoms with Crippen molar-refractivity contribution in [2.75, 3.05) is 67.1 Å². The van der Waals surface area contributed by atoms with E-state index < -0.39 is 0 Å². The summed E-state index contributed by atoms with van der Waals surface area (Å²) in [7, 11) is 3.13. The summed E-state index contributed by atoms with van der Waals surface area (Å²) in [5.41, 5.74) is 0. The second-order valence-corrected chi connectivity index (χ2v) is 4.74. The molecule has 0 aliphatic heterocycles. The second-order valence-electron chi connectivity index (χ2n) is 4.74. The average Bonchev–Trinajstić information content (AvgIpc) is 2.55. The van der Waals surface area contributed by atoms with Crippen LogP contribution >= 0.6 is 0 Å². The first-order chi connectivity index (χ1) is 12.3. The minimum absolute atomic E-state index is 0.0894. The summed E-state index contributed by atoms with van der Waals surface area (Å²) in [4.78, 5) is 20.3. The van der Waals surface area contributed by atoms with E-state index in [1.54, 1.807) is 21.1 Å². The quantitative estimate of drug-likeness (QED) is 0.386. The van der Waals surface area contributed by atoms with Gasteiger partial charge in [0.05, 0.1) is 39.6 Å². The van der Waals surface area contributed by atoms with Crippen molar-refractivity contribution >= 4 is 11.9 Å². The van der Waals surface area contributed by atoms with E-state index in [1.165, 1.54) is 13.8 Å². The molecule has 158 valence electrons. The van der Waals surface area contributed by atoms with Gasteiger partial charge in [-0.2, -0.15) is 0 Å². The predicted molar refractivity (Wildman–Crippen MR) is 96.0 cm³/mol. The first-order valence-electron chi connectivity index (χ1n) is 8.40. The maximum atomic E-state index is 10.3. The highest BCUT2D eigenvalue weighted by atomic mass is 16.6. The number of aliphatic hydroxyl groups excluding tert-OH is 1. The smallest absolute Gasteiger partial charge is 0.302 e. The first-order valence-corrected chi connectivity index (χ1v) is 8.40. The van der Waals surface area contributed by atoms with Crippen molar-refractivity contribution in [1.29, 1.82) is 0 Å². The molecule has 1 atom stereocenters. The van der Waals surface area contributed by atoms with Crippen molar-refractivity contribution in [3.8, 4) is 0 Å². The molecule has 0 aromatic rings. The molecule has 26 heavy (non-hydrogen) atoms. The number of rotatable bonds is 12. The Morgan fingerprint density at radius 3 is 1.92 bits per heavy atom. The van der Waals surface area contributed by atoms with Crippen molar-refractivity contribution in [3.05, 3.63) is 0 Å². The van der Waals surface area contributed by atoms with E-state index in [0.29, 0.717) is 39.6 Å². The third-order valence-corrected chi connectivity index (χ3v) is 2.17. The number of ether oxygens (including phenoxy) is 6. The third-order valence-electron chi connectivity index (χ3n) is 2.17. The number of carbonyl (C=O) groups is 2. The van der Waals surface area contributed by atoms with E-state index in [1.807, 2.05) is 6.92 Å². The van der Waals surface area contributed by atoms with Gasteiger partial charge < -0.3 is 33.5 Å². The van der Waals surface area contributed by atoms with E-state index >= 15 is 0 Å². The van der Waals surface area contributed by atoms with Crippen LogP contribution in [0.3, 0.4) is 0 Å². The van der Waals surface area contributed by atoms with Gasteiger partial charge in [0.15, 0.2) is 0 Å². The van der Waals surface area contributed by atoms with Gasteiger partial charge in [0, 0.05) is 34.7 Å². The lowest BCUT2D eigenvalue weighted by molar-refractivity contribution is -0.147. The lowest BCUT2D eigenvalue weighted by atomic mass is 10.4. The van der Waals surface area contributed by atoms with Crippen molar-refractivity contribution in [2.45, 2.75) is 33.8 Å². The Morgan fingerprint density at radius 2 is 1.50 bits per heavy atom. The van der Waals surface area contributed by atoms with E-state index in [9.17, 15) is 9.59 Å². The Balaban J connectivity index is -0.000000306. The fourth-order valence-corrected chi connectivity index (χ4v) is 1.25. The molecule has 9 nitrogen and oxygen atoms in total. The Labute approximate surface area is 156 Å². The zero-order chi connectivity index (χ0) is 20.6. The van der Waals surface area contributed by atoms with E-state index in [0.717, 1.165) is 6.61 Å². The zero-order valence-corrected chi connectivity index (χ0v) is 16.9. The van der Waals surface area contributed by atoms with Gasteiger partial charge in [0.1, 0.15) is 12.7 Å². The van der Waals surface area contributed by atoms with E-state index in [2.05, 4.69) is 9.47 Å². The van der Waals surface area contributed by atoms with Crippen LogP contribution in [0.5, 0.6) is 0 Å². The van der Waals surface area contributed by atoms with Gasteiger partial charge in [-0.3, -0.25) is 9.59 Å². The minimum atomic E-state index is -0.264. The average molecular weight is 384 g/mol. The molecule has 0 heterocycles. The summed E-state index contributed by atoms with van der Waals surface area (Å²) in [5.74, 6) is -0.526. The molecule has 0 saturated heterocycles. The van der Waals surface area contributed by atoms with Crippen LogP contribution in [0.1, 0.15) is 27.7 Å². The SMILES string of the molecule is CCOCCOCCO.COCC(C)OC(C)=O.COCCOC(C)=O. The van der Waals surface area contributed by atoms with E-state index in [-0.39, 0.29) is 24.6 Å². The molecule has 0 aromatic carbocycles. The zero-order valence-electron chi connectivity index (χ0n) is 16.9. The Bertz CT molecular complexity index is 292. The Morgan fingerprint density at radius 1 is 0.885 bits per heavy atom. The second kappa shape index (κ2) is 26.0. The molecule has 0 aliphatic carbocycles. The normalized spacial score (nSPS) is 10.6. The van der Waals surface area contributed by atoms with Gasteiger partial charge >= 0.3 is 11.9 Å². The molecule has 0 radical (unpaired) electrons. The highest BCUT2D eigenvalue weighted by Gasteiger charge is 2.02. The van der Waals surface area contributed by atoms with Crippen LogP contribution in [0.4, 0.5) is 0 Å². The molecule has 1 unspecified atom stereocenters. The van der Waals surface area contributed by atoms with Gasteiger partial charge in [0.2, 0.25) is 0 Å². The molecule has 9 heteroatoms. The summed E-state index contributed by atoms with van der Waals surface area (Å²) in [5, 5.41) is 8.26. The van der Waals surface area contributed by atoms with Crippen LogP contribution in [0.2, 0.25) is 0 Å². The Kier molecular flexibility index (Phi) is 29.5. The summed E-state index contributed by atoms with van der Waals surface area (Å²) >= 11 is 0. The molecular weight excluding hydrogens is 348 g/mol. The fraction of sp³-hybridized carbons (Fsp3) is 0.882. The molecular formula is C17H36O9. The molecule has 0 amide bonds. The van der Waals surface area contributed by atoms with Crippen molar-refractivity contribution in [3.63, 3.8) is 0 Å².